The third-order valence-electron chi connectivity index (χ3n) is 3.98. The summed E-state index contributed by atoms with van der Waals surface area (Å²) in [5, 5.41) is 0. The number of halogens is 1. The van der Waals surface area contributed by atoms with E-state index in [0.717, 1.165) is 24.0 Å². The number of amides is 1. The monoisotopic (exact) mass is 298 g/mol. The topological polar surface area (TPSA) is 46.3 Å². The lowest BCUT2D eigenvalue weighted by Gasteiger charge is -2.23. The second-order valence-corrected chi connectivity index (χ2v) is 5.87. The first-order valence-electron chi connectivity index (χ1n) is 7.46. The van der Waals surface area contributed by atoms with Crippen LogP contribution in [0.5, 0.6) is 0 Å². The molecule has 22 heavy (non-hydrogen) atoms. The number of hydrogen-bond donors (Lipinski definition) is 1. The second-order valence-electron chi connectivity index (χ2n) is 5.87. The molecule has 0 heterocycles. The average Bonchev–Trinajstić information content (AvgIpc) is 3.31. The van der Waals surface area contributed by atoms with E-state index in [-0.39, 0.29) is 17.8 Å². The van der Waals surface area contributed by atoms with E-state index in [1.807, 2.05) is 24.0 Å². The minimum Gasteiger partial charge on any atom is -0.399 e. The lowest BCUT2D eigenvalue weighted by molar-refractivity contribution is 0.0729. The summed E-state index contributed by atoms with van der Waals surface area (Å²) in [5.74, 6) is -0.308. The van der Waals surface area contributed by atoms with Crippen molar-refractivity contribution in [3.8, 4) is 0 Å². The van der Waals surface area contributed by atoms with Gasteiger partial charge in [-0.1, -0.05) is 18.2 Å². The fraction of sp³-hybridized carbons (Fsp3) is 0.278. The zero-order valence-corrected chi connectivity index (χ0v) is 12.6. The van der Waals surface area contributed by atoms with Crippen LogP contribution in [0.3, 0.4) is 0 Å². The molecule has 0 aliphatic heterocycles. The predicted molar refractivity (Wildman–Crippen MR) is 84.9 cm³/mol. The fourth-order valence-electron chi connectivity index (χ4n) is 2.61. The van der Waals surface area contributed by atoms with E-state index >= 15 is 0 Å². The molecule has 3 rings (SSSR count). The van der Waals surface area contributed by atoms with E-state index in [4.69, 9.17) is 5.73 Å². The zero-order valence-electron chi connectivity index (χ0n) is 12.6. The molecule has 1 fully saturated rings. The van der Waals surface area contributed by atoms with Gasteiger partial charge in [0.25, 0.3) is 5.91 Å². The molecular formula is C18H19FN2O. The predicted octanol–water partition coefficient (Wildman–Crippen LogP) is 3.52. The summed E-state index contributed by atoms with van der Waals surface area (Å²) in [6.07, 6.45) is 2.00. The molecule has 0 aromatic heterocycles. The van der Waals surface area contributed by atoms with Crippen LogP contribution in [0, 0.1) is 12.7 Å². The van der Waals surface area contributed by atoms with Crippen LogP contribution < -0.4 is 5.73 Å². The molecule has 0 radical (unpaired) electrons. The van der Waals surface area contributed by atoms with Gasteiger partial charge in [0.2, 0.25) is 0 Å². The summed E-state index contributed by atoms with van der Waals surface area (Å²) < 4.78 is 13.4. The number of benzene rings is 2. The van der Waals surface area contributed by atoms with Gasteiger partial charge in [0.1, 0.15) is 5.82 Å². The first-order valence-corrected chi connectivity index (χ1v) is 7.46. The van der Waals surface area contributed by atoms with Gasteiger partial charge in [-0.25, -0.2) is 4.39 Å². The van der Waals surface area contributed by atoms with Crippen molar-refractivity contribution in [2.45, 2.75) is 32.4 Å². The van der Waals surface area contributed by atoms with Gasteiger partial charge in [-0.15, -0.1) is 0 Å². The van der Waals surface area contributed by atoms with Crippen LogP contribution in [0.1, 0.15) is 34.3 Å². The highest BCUT2D eigenvalue weighted by atomic mass is 19.1. The first kappa shape index (κ1) is 14.6. The van der Waals surface area contributed by atoms with Gasteiger partial charge >= 0.3 is 0 Å². The molecule has 3 nitrogen and oxygen atoms in total. The molecule has 0 saturated heterocycles. The Morgan fingerprint density at radius 3 is 2.73 bits per heavy atom. The highest BCUT2D eigenvalue weighted by Crippen LogP contribution is 2.30. The number of nitrogens with two attached hydrogens (primary N) is 1. The van der Waals surface area contributed by atoms with Crippen LogP contribution in [0.2, 0.25) is 0 Å². The van der Waals surface area contributed by atoms with Gasteiger partial charge in [-0.2, -0.15) is 0 Å². The Labute approximate surface area is 129 Å². The molecule has 2 aromatic carbocycles. The van der Waals surface area contributed by atoms with E-state index < -0.39 is 0 Å². The summed E-state index contributed by atoms with van der Waals surface area (Å²) in [6, 6.07) is 12.0. The van der Waals surface area contributed by atoms with E-state index in [2.05, 4.69) is 0 Å². The van der Waals surface area contributed by atoms with Gasteiger partial charge in [0.05, 0.1) is 0 Å². The molecule has 1 saturated carbocycles. The Morgan fingerprint density at radius 2 is 2.05 bits per heavy atom. The molecule has 0 bridgehead atoms. The van der Waals surface area contributed by atoms with Gasteiger partial charge in [-0.3, -0.25) is 4.79 Å². The maximum Gasteiger partial charge on any atom is 0.254 e. The van der Waals surface area contributed by atoms with Crippen molar-refractivity contribution >= 4 is 11.6 Å². The fourth-order valence-corrected chi connectivity index (χ4v) is 2.61. The summed E-state index contributed by atoms with van der Waals surface area (Å²) >= 11 is 0. The van der Waals surface area contributed by atoms with Crippen LogP contribution in [0.15, 0.2) is 42.5 Å². The van der Waals surface area contributed by atoms with Gasteiger partial charge < -0.3 is 10.6 Å². The van der Waals surface area contributed by atoms with Crippen molar-refractivity contribution in [3.63, 3.8) is 0 Å². The zero-order chi connectivity index (χ0) is 15.7. The largest absolute Gasteiger partial charge is 0.399 e. The number of anilines is 1. The number of nitrogens with zero attached hydrogens (tertiary/aromatic N) is 1. The molecule has 0 unspecified atom stereocenters. The number of carbonyl (C=O) groups excluding carboxylic acids is 1. The Bertz CT molecular complexity index is 710. The molecule has 1 aliphatic rings. The second kappa shape index (κ2) is 5.79. The number of aryl methyl sites for hydroxylation is 1. The molecule has 4 heteroatoms. The average molecular weight is 298 g/mol. The third-order valence-corrected chi connectivity index (χ3v) is 3.98. The molecule has 2 aromatic rings. The third kappa shape index (κ3) is 3.11. The van der Waals surface area contributed by atoms with Crippen molar-refractivity contribution < 1.29 is 9.18 Å². The number of hydrogen-bond acceptors (Lipinski definition) is 2. The normalized spacial score (nSPS) is 13.9. The first-order chi connectivity index (χ1) is 10.5. The quantitative estimate of drug-likeness (QED) is 0.878. The number of carbonyl (C=O) groups is 1. The van der Waals surface area contributed by atoms with Gasteiger partial charge in [-0.05, 0) is 55.2 Å². The molecular weight excluding hydrogens is 279 g/mol. The SMILES string of the molecule is Cc1ccc(N)cc1C(=O)N(Cc1cccc(F)c1)C1CC1. The summed E-state index contributed by atoms with van der Waals surface area (Å²) in [5.41, 5.74) is 8.73. The van der Waals surface area contributed by atoms with Crippen LogP contribution in [-0.2, 0) is 6.54 Å². The minimum absolute atomic E-state index is 0.0310. The maximum absolute atomic E-state index is 13.4. The smallest absolute Gasteiger partial charge is 0.254 e. The molecule has 0 spiro atoms. The molecule has 1 aliphatic carbocycles. The lowest BCUT2D eigenvalue weighted by atomic mass is 10.1. The van der Waals surface area contributed by atoms with Crippen LogP contribution >= 0.6 is 0 Å². The number of rotatable bonds is 4. The number of nitrogen functional groups attached to an aromatic ring is 1. The van der Waals surface area contributed by atoms with Crippen molar-refractivity contribution in [2.24, 2.45) is 0 Å². The Balaban J connectivity index is 1.88. The Kier molecular flexibility index (Phi) is 3.84. The van der Waals surface area contributed by atoms with Crippen molar-refractivity contribution in [3.05, 3.63) is 65.0 Å². The molecule has 114 valence electrons. The minimum atomic E-state index is -0.277. The summed E-state index contributed by atoms with van der Waals surface area (Å²) in [6.45, 7) is 2.33. The van der Waals surface area contributed by atoms with Crippen molar-refractivity contribution in [2.75, 3.05) is 5.73 Å². The Hall–Kier alpha value is -2.36. The lowest BCUT2D eigenvalue weighted by Crippen LogP contribution is -2.33. The van der Waals surface area contributed by atoms with Crippen molar-refractivity contribution in [1.29, 1.82) is 0 Å². The molecule has 0 atom stereocenters. The van der Waals surface area contributed by atoms with Gasteiger partial charge in [0.15, 0.2) is 0 Å². The highest BCUT2D eigenvalue weighted by molar-refractivity contribution is 5.96. The standard InChI is InChI=1S/C18H19FN2O/c1-12-5-6-15(20)10-17(12)18(22)21(16-7-8-16)11-13-3-2-4-14(19)9-13/h2-6,9-10,16H,7-8,11,20H2,1H3. The summed E-state index contributed by atoms with van der Waals surface area (Å²) in [7, 11) is 0. The summed E-state index contributed by atoms with van der Waals surface area (Å²) in [4.78, 5) is 14.7. The van der Waals surface area contributed by atoms with E-state index in [9.17, 15) is 9.18 Å². The van der Waals surface area contributed by atoms with Crippen LogP contribution in [-0.4, -0.2) is 16.8 Å². The van der Waals surface area contributed by atoms with Crippen LogP contribution in [0.25, 0.3) is 0 Å². The van der Waals surface area contributed by atoms with Crippen molar-refractivity contribution in [1.82, 2.24) is 4.90 Å². The highest BCUT2D eigenvalue weighted by Gasteiger charge is 2.33. The van der Waals surface area contributed by atoms with E-state index in [1.165, 1.54) is 12.1 Å². The van der Waals surface area contributed by atoms with E-state index in [1.54, 1.807) is 18.2 Å². The van der Waals surface area contributed by atoms with E-state index in [0.29, 0.717) is 17.8 Å². The Morgan fingerprint density at radius 1 is 1.27 bits per heavy atom. The van der Waals surface area contributed by atoms with Crippen LogP contribution in [0.4, 0.5) is 10.1 Å². The van der Waals surface area contributed by atoms with Gasteiger partial charge in [0, 0.05) is 23.8 Å². The molecule has 1 amide bonds. The molecule has 2 N–H and O–H groups in total. The maximum atomic E-state index is 13.4.